The Balaban J connectivity index is 1.38. The van der Waals surface area contributed by atoms with Crippen LogP contribution in [-0.2, 0) is 11.3 Å². The van der Waals surface area contributed by atoms with Gasteiger partial charge in [-0.2, -0.15) is 0 Å². The van der Waals surface area contributed by atoms with Crippen molar-refractivity contribution in [3.63, 3.8) is 0 Å². The SMILES string of the molecule is Cc1ccc(Nc2nc(COC(=O)c3nc(-c4ccccc4)oc3C)cs2)cc1. The molecular weight excluding hydrogens is 386 g/mol. The van der Waals surface area contributed by atoms with Crippen molar-refractivity contribution in [3.8, 4) is 11.5 Å². The summed E-state index contributed by atoms with van der Waals surface area (Å²) in [6.07, 6.45) is 0. The first-order valence-corrected chi connectivity index (χ1v) is 9.94. The second-order valence-corrected chi connectivity index (χ2v) is 7.36. The normalized spacial score (nSPS) is 10.7. The second kappa shape index (κ2) is 8.28. The fourth-order valence-corrected chi connectivity index (χ4v) is 3.40. The number of nitrogens with one attached hydrogen (secondary N) is 1. The van der Waals surface area contributed by atoms with Crippen molar-refractivity contribution in [1.29, 1.82) is 0 Å². The zero-order chi connectivity index (χ0) is 20.2. The quantitative estimate of drug-likeness (QED) is 0.426. The van der Waals surface area contributed by atoms with E-state index in [-0.39, 0.29) is 12.3 Å². The lowest BCUT2D eigenvalue weighted by molar-refractivity contribution is 0.0460. The van der Waals surface area contributed by atoms with Gasteiger partial charge in [0.15, 0.2) is 10.8 Å². The molecule has 4 rings (SSSR count). The van der Waals surface area contributed by atoms with Crippen LogP contribution in [0.2, 0.25) is 0 Å². The summed E-state index contributed by atoms with van der Waals surface area (Å²) in [5, 5.41) is 5.84. The highest BCUT2D eigenvalue weighted by atomic mass is 32.1. The number of ether oxygens (including phenoxy) is 1. The molecule has 29 heavy (non-hydrogen) atoms. The van der Waals surface area contributed by atoms with Crippen molar-refractivity contribution in [1.82, 2.24) is 9.97 Å². The van der Waals surface area contributed by atoms with Crippen LogP contribution in [0.5, 0.6) is 0 Å². The van der Waals surface area contributed by atoms with Crippen molar-refractivity contribution in [2.24, 2.45) is 0 Å². The number of aromatic nitrogens is 2. The number of thiazole rings is 1. The lowest BCUT2D eigenvalue weighted by Gasteiger charge is -2.03. The highest BCUT2D eigenvalue weighted by molar-refractivity contribution is 7.13. The van der Waals surface area contributed by atoms with Crippen LogP contribution in [0.4, 0.5) is 10.8 Å². The van der Waals surface area contributed by atoms with E-state index < -0.39 is 5.97 Å². The molecule has 6 nitrogen and oxygen atoms in total. The van der Waals surface area contributed by atoms with Gasteiger partial charge in [0, 0.05) is 16.6 Å². The Kier molecular flexibility index (Phi) is 5.39. The molecule has 2 heterocycles. The van der Waals surface area contributed by atoms with Crippen LogP contribution in [0.25, 0.3) is 11.5 Å². The number of aryl methyl sites for hydroxylation is 2. The number of carbonyl (C=O) groups excluding carboxylic acids is 1. The molecule has 4 aromatic rings. The van der Waals surface area contributed by atoms with Crippen LogP contribution in [0.1, 0.15) is 27.5 Å². The zero-order valence-electron chi connectivity index (χ0n) is 16.0. The summed E-state index contributed by atoms with van der Waals surface area (Å²) >= 11 is 1.45. The van der Waals surface area contributed by atoms with E-state index in [9.17, 15) is 4.79 Å². The van der Waals surface area contributed by atoms with Crippen molar-refractivity contribution in [2.75, 3.05) is 5.32 Å². The Labute approximate surface area is 172 Å². The lowest BCUT2D eigenvalue weighted by Crippen LogP contribution is -2.07. The summed E-state index contributed by atoms with van der Waals surface area (Å²) in [6.45, 7) is 3.80. The third-order valence-corrected chi connectivity index (χ3v) is 5.02. The van der Waals surface area contributed by atoms with Crippen LogP contribution >= 0.6 is 11.3 Å². The number of oxazole rings is 1. The van der Waals surface area contributed by atoms with Gasteiger partial charge in [-0.1, -0.05) is 35.9 Å². The lowest BCUT2D eigenvalue weighted by atomic mass is 10.2. The van der Waals surface area contributed by atoms with Crippen molar-refractivity contribution in [2.45, 2.75) is 20.5 Å². The summed E-state index contributed by atoms with van der Waals surface area (Å²) in [6, 6.07) is 17.5. The molecule has 0 saturated carbocycles. The molecule has 0 atom stereocenters. The van der Waals surface area contributed by atoms with E-state index in [4.69, 9.17) is 9.15 Å². The Morgan fingerprint density at radius 3 is 2.59 bits per heavy atom. The zero-order valence-corrected chi connectivity index (χ0v) is 16.8. The van der Waals surface area contributed by atoms with E-state index in [0.29, 0.717) is 17.3 Å². The first kappa shape index (κ1) is 18.9. The van der Waals surface area contributed by atoms with Gasteiger partial charge in [-0.3, -0.25) is 0 Å². The maximum absolute atomic E-state index is 12.4. The fraction of sp³-hybridized carbons (Fsp3) is 0.136. The van der Waals surface area contributed by atoms with Gasteiger partial charge in [0.25, 0.3) is 0 Å². The minimum Gasteiger partial charge on any atom is -0.454 e. The molecule has 0 radical (unpaired) electrons. The summed E-state index contributed by atoms with van der Waals surface area (Å²) in [7, 11) is 0. The molecule has 2 aromatic carbocycles. The van der Waals surface area contributed by atoms with Crippen LogP contribution < -0.4 is 5.32 Å². The van der Waals surface area contributed by atoms with Gasteiger partial charge in [0.05, 0.1) is 5.69 Å². The Morgan fingerprint density at radius 1 is 1.07 bits per heavy atom. The summed E-state index contributed by atoms with van der Waals surface area (Å²) < 4.78 is 11.0. The van der Waals surface area contributed by atoms with E-state index in [1.807, 2.05) is 66.9 Å². The van der Waals surface area contributed by atoms with Crippen LogP contribution in [0.3, 0.4) is 0 Å². The Hall–Kier alpha value is -3.45. The molecule has 0 unspecified atom stereocenters. The monoisotopic (exact) mass is 405 g/mol. The van der Waals surface area contributed by atoms with Crippen LogP contribution in [0, 0.1) is 13.8 Å². The van der Waals surface area contributed by atoms with Gasteiger partial charge in [-0.25, -0.2) is 14.8 Å². The summed E-state index contributed by atoms with van der Waals surface area (Å²) in [5.41, 5.74) is 3.81. The third kappa shape index (κ3) is 4.52. The molecule has 0 fully saturated rings. The van der Waals surface area contributed by atoms with Gasteiger partial charge in [0.1, 0.15) is 12.4 Å². The Morgan fingerprint density at radius 2 is 1.83 bits per heavy atom. The second-order valence-electron chi connectivity index (χ2n) is 6.50. The summed E-state index contributed by atoms with van der Waals surface area (Å²) in [4.78, 5) is 21.2. The van der Waals surface area contributed by atoms with Crippen molar-refractivity contribution >= 4 is 28.1 Å². The van der Waals surface area contributed by atoms with E-state index in [0.717, 1.165) is 16.4 Å². The smallest absolute Gasteiger partial charge is 0.361 e. The molecule has 0 spiro atoms. The minimum absolute atomic E-state index is 0.0673. The predicted octanol–water partition coefficient (Wildman–Crippen LogP) is 5.52. The number of anilines is 2. The third-order valence-electron chi connectivity index (χ3n) is 4.22. The topological polar surface area (TPSA) is 77.3 Å². The molecule has 0 aliphatic heterocycles. The first-order valence-electron chi connectivity index (χ1n) is 9.06. The highest BCUT2D eigenvalue weighted by Gasteiger charge is 2.20. The van der Waals surface area contributed by atoms with E-state index in [1.165, 1.54) is 16.9 Å². The molecule has 7 heteroatoms. The average Bonchev–Trinajstić information content (AvgIpc) is 3.35. The molecule has 0 saturated heterocycles. The number of carbonyl (C=O) groups is 1. The van der Waals surface area contributed by atoms with Crippen LogP contribution in [0.15, 0.2) is 64.4 Å². The van der Waals surface area contributed by atoms with Crippen molar-refractivity contribution < 1.29 is 13.9 Å². The number of rotatable bonds is 6. The molecule has 0 aliphatic carbocycles. The maximum atomic E-state index is 12.4. The van der Waals surface area contributed by atoms with Gasteiger partial charge >= 0.3 is 5.97 Å². The number of hydrogen-bond acceptors (Lipinski definition) is 7. The fourth-order valence-electron chi connectivity index (χ4n) is 2.69. The number of nitrogens with zero attached hydrogens (tertiary/aromatic N) is 2. The number of benzene rings is 2. The van der Waals surface area contributed by atoms with E-state index in [1.54, 1.807) is 6.92 Å². The molecule has 0 amide bonds. The highest BCUT2D eigenvalue weighted by Crippen LogP contribution is 2.24. The maximum Gasteiger partial charge on any atom is 0.361 e. The van der Waals surface area contributed by atoms with E-state index in [2.05, 4.69) is 15.3 Å². The summed E-state index contributed by atoms with van der Waals surface area (Å²) in [5.74, 6) is 0.289. The number of hydrogen-bond donors (Lipinski definition) is 1. The van der Waals surface area contributed by atoms with Gasteiger partial charge in [-0.15, -0.1) is 11.3 Å². The Bertz CT molecular complexity index is 1120. The molecule has 2 aromatic heterocycles. The molecular formula is C22H19N3O3S. The van der Waals surface area contributed by atoms with Crippen molar-refractivity contribution in [3.05, 3.63) is 82.7 Å². The first-order chi connectivity index (χ1) is 14.1. The molecule has 0 aliphatic rings. The molecule has 0 bridgehead atoms. The predicted molar refractivity (Wildman–Crippen MR) is 112 cm³/mol. The van der Waals surface area contributed by atoms with Gasteiger partial charge < -0.3 is 14.5 Å². The molecule has 146 valence electrons. The van der Waals surface area contributed by atoms with Crippen LogP contribution in [-0.4, -0.2) is 15.9 Å². The average molecular weight is 405 g/mol. The number of esters is 1. The standard InChI is InChI=1S/C22H19N3O3S/c1-14-8-10-17(11-9-14)23-22-24-18(13-29-22)12-27-21(26)19-15(2)28-20(25-19)16-6-4-3-5-7-16/h3-11,13H,12H2,1-2H3,(H,23,24). The molecule has 1 N–H and O–H groups in total. The van der Waals surface area contributed by atoms with Gasteiger partial charge in [0.2, 0.25) is 5.89 Å². The minimum atomic E-state index is -0.533. The largest absolute Gasteiger partial charge is 0.454 e. The van der Waals surface area contributed by atoms with Gasteiger partial charge in [-0.05, 0) is 38.1 Å². The van der Waals surface area contributed by atoms with E-state index >= 15 is 0 Å².